The second-order valence-corrected chi connectivity index (χ2v) is 7.43. The molecule has 0 spiro atoms. The van der Waals surface area contributed by atoms with Gasteiger partial charge >= 0.3 is 0 Å². The number of tetrazole rings is 1. The molecular weight excluding hydrogens is 346 g/mol. The van der Waals surface area contributed by atoms with Crippen LogP contribution in [0.15, 0.2) is 5.16 Å². The van der Waals surface area contributed by atoms with E-state index in [0.29, 0.717) is 24.1 Å². The van der Waals surface area contributed by atoms with Crippen LogP contribution in [0.2, 0.25) is 0 Å². The van der Waals surface area contributed by atoms with Gasteiger partial charge in [0.15, 0.2) is 0 Å². The predicted molar refractivity (Wildman–Crippen MR) is 90.1 cm³/mol. The molecule has 9 nitrogen and oxygen atoms in total. The molecule has 1 aliphatic heterocycles. The maximum Gasteiger partial charge on any atom is 0.233 e. The van der Waals surface area contributed by atoms with Crippen LogP contribution in [0.25, 0.3) is 0 Å². The minimum absolute atomic E-state index is 0.0145. The summed E-state index contributed by atoms with van der Waals surface area (Å²) in [5, 5.41) is 20.8. The SMILES string of the molecule is CO[C@@]12CC[C@H](OCCO)C[C@@H]1N(C(=O)CSc1nnnn1C)CC2. The van der Waals surface area contributed by atoms with E-state index < -0.39 is 0 Å². The molecule has 0 bridgehead atoms. The summed E-state index contributed by atoms with van der Waals surface area (Å²) in [5.74, 6) is 0.367. The van der Waals surface area contributed by atoms with E-state index in [4.69, 9.17) is 14.6 Å². The Morgan fingerprint density at radius 1 is 1.48 bits per heavy atom. The molecule has 1 N–H and O–H groups in total. The zero-order valence-corrected chi connectivity index (χ0v) is 15.4. The molecule has 1 saturated carbocycles. The van der Waals surface area contributed by atoms with Gasteiger partial charge in [0.25, 0.3) is 0 Å². The van der Waals surface area contributed by atoms with E-state index in [1.54, 1.807) is 18.8 Å². The zero-order chi connectivity index (χ0) is 17.9. The summed E-state index contributed by atoms with van der Waals surface area (Å²) in [6, 6.07) is 0.0145. The standard InChI is InChI=1S/C15H25N5O4S/c1-19-14(16-17-18-19)25-10-13(22)20-6-5-15(23-2)4-3-11(9-12(15)20)24-8-7-21/h11-12,21H,3-10H2,1-2H3/t11-,12-,15+/m0/s1. The molecular formula is C15H25N5O4S. The second kappa shape index (κ2) is 7.98. The molecule has 2 aliphatic rings. The first-order valence-electron chi connectivity index (χ1n) is 8.52. The van der Waals surface area contributed by atoms with Crippen molar-refractivity contribution in [1.82, 2.24) is 25.1 Å². The number of rotatable bonds is 7. The van der Waals surface area contributed by atoms with Crippen LogP contribution < -0.4 is 0 Å². The number of aryl methyl sites for hydroxylation is 1. The number of methoxy groups -OCH3 is 1. The molecule has 1 saturated heterocycles. The lowest BCUT2D eigenvalue weighted by Gasteiger charge is -2.43. The summed E-state index contributed by atoms with van der Waals surface area (Å²) in [7, 11) is 3.48. The van der Waals surface area contributed by atoms with Gasteiger partial charge in [-0.15, -0.1) is 5.10 Å². The van der Waals surface area contributed by atoms with Gasteiger partial charge in [-0.05, 0) is 36.1 Å². The van der Waals surface area contributed by atoms with E-state index in [-0.39, 0.29) is 30.3 Å². The number of ether oxygens (including phenoxy) is 2. The van der Waals surface area contributed by atoms with Gasteiger partial charge in [0, 0.05) is 20.7 Å². The first kappa shape index (κ1) is 18.6. The molecule has 1 aromatic rings. The molecule has 2 fully saturated rings. The lowest BCUT2D eigenvalue weighted by atomic mass is 9.79. The largest absolute Gasteiger partial charge is 0.394 e. The van der Waals surface area contributed by atoms with Crippen LogP contribution in [0.5, 0.6) is 0 Å². The summed E-state index contributed by atoms with van der Waals surface area (Å²) in [4.78, 5) is 14.7. The Morgan fingerprint density at radius 2 is 2.32 bits per heavy atom. The molecule has 1 amide bonds. The molecule has 2 heterocycles. The number of thioether (sulfide) groups is 1. The molecule has 140 valence electrons. The van der Waals surface area contributed by atoms with Gasteiger partial charge in [0.05, 0.1) is 36.7 Å². The van der Waals surface area contributed by atoms with E-state index in [1.807, 2.05) is 4.90 Å². The number of aliphatic hydroxyl groups excluding tert-OH is 1. The Kier molecular flexibility index (Phi) is 5.92. The Bertz CT molecular complexity index is 600. The predicted octanol–water partition coefficient (Wildman–Crippen LogP) is -0.150. The van der Waals surface area contributed by atoms with Crippen molar-refractivity contribution in [2.45, 2.75) is 48.6 Å². The van der Waals surface area contributed by atoms with E-state index >= 15 is 0 Å². The fourth-order valence-electron chi connectivity index (χ4n) is 3.88. The van der Waals surface area contributed by atoms with Crippen molar-refractivity contribution in [3.63, 3.8) is 0 Å². The first-order valence-corrected chi connectivity index (χ1v) is 9.50. The van der Waals surface area contributed by atoms with Crippen molar-refractivity contribution in [2.24, 2.45) is 7.05 Å². The summed E-state index contributed by atoms with van der Waals surface area (Å²) in [5.41, 5.74) is -0.272. The summed E-state index contributed by atoms with van der Waals surface area (Å²) in [6.45, 7) is 1.05. The zero-order valence-electron chi connectivity index (χ0n) is 14.6. The number of nitrogens with zero attached hydrogens (tertiary/aromatic N) is 5. The number of aliphatic hydroxyl groups is 1. The molecule has 25 heavy (non-hydrogen) atoms. The number of hydrogen-bond acceptors (Lipinski definition) is 8. The van der Waals surface area contributed by atoms with Crippen molar-refractivity contribution in [3.8, 4) is 0 Å². The highest BCUT2D eigenvalue weighted by Gasteiger charge is 2.52. The number of carbonyl (C=O) groups excluding carboxylic acids is 1. The Morgan fingerprint density at radius 3 is 3.00 bits per heavy atom. The molecule has 0 unspecified atom stereocenters. The molecule has 10 heteroatoms. The van der Waals surface area contributed by atoms with Gasteiger partial charge < -0.3 is 19.5 Å². The van der Waals surface area contributed by atoms with Crippen molar-refractivity contribution in [2.75, 3.05) is 32.6 Å². The van der Waals surface area contributed by atoms with Gasteiger partial charge in [0.2, 0.25) is 11.1 Å². The summed E-state index contributed by atoms with van der Waals surface area (Å²) in [6.07, 6.45) is 3.42. The molecule has 1 aromatic heterocycles. The van der Waals surface area contributed by atoms with Crippen LogP contribution in [0.4, 0.5) is 0 Å². The highest BCUT2D eigenvalue weighted by molar-refractivity contribution is 7.99. The topological polar surface area (TPSA) is 103 Å². The Hall–Kier alpha value is -1.23. The van der Waals surface area contributed by atoms with Crippen LogP contribution in [0.3, 0.4) is 0 Å². The van der Waals surface area contributed by atoms with E-state index in [0.717, 1.165) is 25.7 Å². The fraction of sp³-hybridized carbons (Fsp3) is 0.867. The van der Waals surface area contributed by atoms with Gasteiger partial charge in [-0.3, -0.25) is 4.79 Å². The molecule has 0 radical (unpaired) electrons. The Balaban J connectivity index is 1.64. The average Bonchev–Trinajstić information content (AvgIpc) is 3.21. The van der Waals surface area contributed by atoms with Crippen molar-refractivity contribution >= 4 is 17.7 Å². The number of fused-ring (bicyclic) bond motifs is 1. The van der Waals surface area contributed by atoms with Gasteiger partial charge in [-0.1, -0.05) is 11.8 Å². The molecule has 3 rings (SSSR count). The van der Waals surface area contributed by atoms with Crippen LogP contribution in [0, 0.1) is 0 Å². The normalized spacial score (nSPS) is 29.0. The lowest BCUT2D eigenvalue weighted by molar-refractivity contribution is -0.139. The van der Waals surface area contributed by atoms with Crippen LogP contribution >= 0.6 is 11.8 Å². The second-order valence-electron chi connectivity index (χ2n) is 6.49. The van der Waals surface area contributed by atoms with Crippen LogP contribution in [0.1, 0.15) is 25.7 Å². The van der Waals surface area contributed by atoms with E-state index in [1.165, 1.54) is 11.8 Å². The van der Waals surface area contributed by atoms with Crippen molar-refractivity contribution in [3.05, 3.63) is 0 Å². The average molecular weight is 371 g/mol. The van der Waals surface area contributed by atoms with Crippen LogP contribution in [-0.4, -0.2) is 86.5 Å². The summed E-state index contributed by atoms with van der Waals surface area (Å²) < 4.78 is 13.1. The maximum atomic E-state index is 12.8. The van der Waals surface area contributed by atoms with Crippen molar-refractivity contribution in [1.29, 1.82) is 0 Å². The molecule has 0 aromatic carbocycles. The highest BCUT2D eigenvalue weighted by Crippen LogP contribution is 2.43. The molecule has 1 aliphatic carbocycles. The minimum Gasteiger partial charge on any atom is -0.394 e. The molecule has 3 atom stereocenters. The van der Waals surface area contributed by atoms with Crippen molar-refractivity contribution < 1.29 is 19.4 Å². The number of aromatic nitrogens is 4. The number of carbonyl (C=O) groups is 1. The van der Waals surface area contributed by atoms with Gasteiger partial charge in [-0.25, -0.2) is 4.68 Å². The first-order chi connectivity index (χ1) is 12.1. The number of amides is 1. The van der Waals surface area contributed by atoms with Gasteiger partial charge in [-0.2, -0.15) is 0 Å². The maximum absolute atomic E-state index is 12.8. The monoisotopic (exact) mass is 371 g/mol. The van der Waals surface area contributed by atoms with Crippen LogP contribution in [-0.2, 0) is 21.3 Å². The van der Waals surface area contributed by atoms with Gasteiger partial charge in [0.1, 0.15) is 0 Å². The third kappa shape index (κ3) is 3.81. The van der Waals surface area contributed by atoms with E-state index in [2.05, 4.69) is 15.5 Å². The smallest absolute Gasteiger partial charge is 0.233 e. The minimum atomic E-state index is -0.272. The van der Waals surface area contributed by atoms with E-state index in [9.17, 15) is 4.79 Å². The Labute approximate surface area is 151 Å². The lowest BCUT2D eigenvalue weighted by Crippen LogP contribution is -2.53. The third-order valence-corrected chi connectivity index (χ3v) is 6.21. The summed E-state index contributed by atoms with van der Waals surface area (Å²) >= 11 is 1.34. The number of hydrogen-bond donors (Lipinski definition) is 1. The fourth-order valence-corrected chi connectivity index (χ4v) is 4.62. The quantitative estimate of drug-likeness (QED) is 0.660. The third-order valence-electron chi connectivity index (χ3n) is 5.21. The number of likely N-dealkylation sites (tertiary alicyclic amines) is 1. The highest BCUT2D eigenvalue weighted by atomic mass is 32.2.